The molecule has 0 saturated carbocycles. The highest BCUT2D eigenvalue weighted by molar-refractivity contribution is 5.67. The average molecular weight is 481 g/mol. The standard InChI is InChI=1S/C31H32F4/c1-3-5-20-6-11-23(12-7-20)27-19-17-25(29(33)31(27)35)15-10-21-8-13-24(14-9-21)26-18-16-22(4-2)28(32)30(26)34/h6-7,11-13,16-19,21H,3-5,8-10,14-15H2,1-2H3. The summed E-state index contributed by atoms with van der Waals surface area (Å²) in [4.78, 5) is 0. The van der Waals surface area contributed by atoms with Crippen molar-refractivity contribution < 1.29 is 17.6 Å². The van der Waals surface area contributed by atoms with Gasteiger partial charge in [-0.05, 0) is 78.7 Å². The molecule has 1 unspecified atom stereocenters. The fraction of sp³-hybridized carbons (Fsp3) is 0.355. The second-order valence-electron chi connectivity index (χ2n) is 9.51. The van der Waals surface area contributed by atoms with Gasteiger partial charge < -0.3 is 0 Å². The van der Waals surface area contributed by atoms with Crippen LogP contribution in [0.1, 0.15) is 68.2 Å². The van der Waals surface area contributed by atoms with E-state index < -0.39 is 23.3 Å². The Morgan fingerprint density at radius 2 is 1.37 bits per heavy atom. The Morgan fingerprint density at radius 1 is 0.714 bits per heavy atom. The lowest BCUT2D eigenvalue weighted by Crippen LogP contribution is -2.09. The fourth-order valence-electron chi connectivity index (χ4n) is 5.01. The van der Waals surface area contributed by atoms with Crippen LogP contribution in [0.3, 0.4) is 0 Å². The minimum absolute atomic E-state index is 0.280. The van der Waals surface area contributed by atoms with Crippen molar-refractivity contribution in [3.63, 3.8) is 0 Å². The maximum Gasteiger partial charge on any atom is 0.166 e. The van der Waals surface area contributed by atoms with E-state index in [0.717, 1.165) is 37.7 Å². The Labute approximate surface area is 205 Å². The SMILES string of the molecule is CCCc1ccc(-c2ccc(CCC3CC=C(c4ccc(CC)c(F)c4F)CC3)c(F)c2F)cc1. The van der Waals surface area contributed by atoms with Crippen LogP contribution in [0.5, 0.6) is 0 Å². The predicted molar refractivity (Wildman–Crippen MR) is 135 cm³/mol. The molecule has 0 fully saturated rings. The summed E-state index contributed by atoms with van der Waals surface area (Å²) in [7, 11) is 0. The molecule has 4 rings (SSSR count). The van der Waals surface area contributed by atoms with Gasteiger partial charge >= 0.3 is 0 Å². The first kappa shape index (κ1) is 25.2. The molecule has 0 spiro atoms. The quantitative estimate of drug-likeness (QED) is 0.282. The first-order valence-corrected chi connectivity index (χ1v) is 12.6. The van der Waals surface area contributed by atoms with Crippen molar-refractivity contribution in [3.05, 3.63) is 100 Å². The predicted octanol–water partition coefficient (Wildman–Crippen LogP) is 9.24. The lowest BCUT2D eigenvalue weighted by atomic mass is 9.83. The highest BCUT2D eigenvalue weighted by Crippen LogP contribution is 2.35. The molecule has 0 nitrogen and oxygen atoms in total. The van der Waals surface area contributed by atoms with E-state index in [4.69, 9.17) is 0 Å². The number of allylic oxidation sites excluding steroid dienone is 2. The van der Waals surface area contributed by atoms with E-state index in [1.165, 1.54) is 5.56 Å². The number of rotatable bonds is 8. The minimum Gasteiger partial charge on any atom is -0.203 e. The van der Waals surface area contributed by atoms with E-state index in [1.54, 1.807) is 31.2 Å². The maximum absolute atomic E-state index is 14.9. The topological polar surface area (TPSA) is 0 Å². The number of halogens is 4. The summed E-state index contributed by atoms with van der Waals surface area (Å²) in [6.45, 7) is 3.91. The monoisotopic (exact) mass is 480 g/mol. The molecular weight excluding hydrogens is 448 g/mol. The largest absolute Gasteiger partial charge is 0.203 e. The van der Waals surface area contributed by atoms with Crippen molar-refractivity contribution in [2.24, 2.45) is 5.92 Å². The molecule has 1 aliphatic rings. The van der Waals surface area contributed by atoms with Gasteiger partial charge in [0.1, 0.15) is 0 Å². The molecule has 35 heavy (non-hydrogen) atoms. The maximum atomic E-state index is 14.9. The molecule has 0 saturated heterocycles. The van der Waals surface area contributed by atoms with Gasteiger partial charge in [-0.25, -0.2) is 17.6 Å². The third-order valence-electron chi connectivity index (χ3n) is 7.20. The van der Waals surface area contributed by atoms with Crippen LogP contribution >= 0.6 is 0 Å². The summed E-state index contributed by atoms with van der Waals surface area (Å²) in [5, 5.41) is 0. The van der Waals surface area contributed by atoms with E-state index in [2.05, 4.69) is 6.92 Å². The van der Waals surface area contributed by atoms with Crippen molar-refractivity contribution in [2.45, 2.75) is 65.2 Å². The summed E-state index contributed by atoms with van der Waals surface area (Å²) < 4.78 is 58.4. The summed E-state index contributed by atoms with van der Waals surface area (Å²) >= 11 is 0. The molecule has 3 aromatic carbocycles. The molecule has 3 aromatic rings. The Morgan fingerprint density at radius 3 is 2.03 bits per heavy atom. The molecule has 0 heterocycles. The lowest BCUT2D eigenvalue weighted by molar-refractivity contribution is 0.438. The second kappa shape index (κ2) is 11.2. The highest BCUT2D eigenvalue weighted by atomic mass is 19.2. The van der Waals surface area contributed by atoms with Gasteiger partial charge in [0.05, 0.1) is 0 Å². The molecule has 0 bridgehead atoms. The summed E-state index contributed by atoms with van der Waals surface area (Å²) in [5.74, 6) is -2.81. The van der Waals surface area contributed by atoms with Crippen molar-refractivity contribution >= 4 is 5.57 Å². The van der Waals surface area contributed by atoms with Crippen LogP contribution in [0.4, 0.5) is 17.6 Å². The van der Waals surface area contributed by atoms with Gasteiger partial charge in [0, 0.05) is 11.1 Å². The number of benzene rings is 3. The molecule has 184 valence electrons. The van der Waals surface area contributed by atoms with E-state index in [-0.39, 0.29) is 5.56 Å². The molecule has 1 atom stereocenters. The van der Waals surface area contributed by atoms with Crippen molar-refractivity contribution in [2.75, 3.05) is 0 Å². The van der Waals surface area contributed by atoms with E-state index in [0.29, 0.717) is 47.4 Å². The van der Waals surface area contributed by atoms with Crippen LogP contribution in [0, 0.1) is 29.2 Å². The zero-order valence-electron chi connectivity index (χ0n) is 20.4. The molecule has 0 radical (unpaired) electrons. The summed E-state index contributed by atoms with van der Waals surface area (Å²) in [5.41, 5.74) is 4.07. The van der Waals surface area contributed by atoms with Crippen LogP contribution < -0.4 is 0 Å². The van der Waals surface area contributed by atoms with Crippen molar-refractivity contribution in [1.82, 2.24) is 0 Å². The van der Waals surface area contributed by atoms with Gasteiger partial charge in [-0.3, -0.25) is 0 Å². The third kappa shape index (κ3) is 5.52. The highest BCUT2D eigenvalue weighted by Gasteiger charge is 2.21. The van der Waals surface area contributed by atoms with E-state index >= 15 is 0 Å². The van der Waals surface area contributed by atoms with Crippen LogP contribution in [-0.4, -0.2) is 0 Å². The summed E-state index contributed by atoms with van der Waals surface area (Å²) in [6, 6.07) is 14.3. The van der Waals surface area contributed by atoms with Crippen molar-refractivity contribution in [3.8, 4) is 11.1 Å². The van der Waals surface area contributed by atoms with Gasteiger partial charge in [0.15, 0.2) is 23.3 Å². The van der Waals surface area contributed by atoms with Gasteiger partial charge in [0.2, 0.25) is 0 Å². The normalized spacial score (nSPS) is 15.8. The second-order valence-corrected chi connectivity index (χ2v) is 9.51. The first-order valence-electron chi connectivity index (χ1n) is 12.6. The summed E-state index contributed by atoms with van der Waals surface area (Å²) in [6.07, 6.45) is 7.77. The Bertz CT molecular complexity index is 1210. The number of hydrogen-bond acceptors (Lipinski definition) is 0. The van der Waals surface area contributed by atoms with Crippen LogP contribution in [0.2, 0.25) is 0 Å². The number of aryl methyl sites for hydroxylation is 3. The molecule has 0 N–H and O–H groups in total. The van der Waals surface area contributed by atoms with Crippen molar-refractivity contribution in [1.29, 1.82) is 0 Å². The lowest BCUT2D eigenvalue weighted by Gasteiger charge is -2.23. The zero-order valence-corrected chi connectivity index (χ0v) is 20.4. The smallest absolute Gasteiger partial charge is 0.166 e. The molecule has 0 amide bonds. The van der Waals surface area contributed by atoms with Crippen LogP contribution in [-0.2, 0) is 19.3 Å². The molecule has 0 aliphatic heterocycles. The van der Waals surface area contributed by atoms with Crippen LogP contribution in [0.25, 0.3) is 16.7 Å². The Hall–Kier alpha value is -2.88. The van der Waals surface area contributed by atoms with Gasteiger partial charge in [-0.2, -0.15) is 0 Å². The van der Waals surface area contributed by atoms with E-state index in [9.17, 15) is 17.6 Å². The zero-order chi connectivity index (χ0) is 24.9. The molecule has 1 aliphatic carbocycles. The van der Waals surface area contributed by atoms with Gasteiger partial charge in [-0.15, -0.1) is 0 Å². The molecule has 4 heteroatoms. The molecular formula is C31H32F4. The Kier molecular flexibility index (Phi) is 8.10. The number of hydrogen-bond donors (Lipinski definition) is 0. The van der Waals surface area contributed by atoms with Gasteiger partial charge in [-0.1, -0.05) is 74.9 Å². The first-order chi connectivity index (χ1) is 16.9. The van der Waals surface area contributed by atoms with E-state index in [1.807, 2.05) is 30.3 Å². The van der Waals surface area contributed by atoms with Gasteiger partial charge in [0.25, 0.3) is 0 Å². The minimum atomic E-state index is -0.801. The van der Waals surface area contributed by atoms with Crippen LogP contribution in [0.15, 0.2) is 54.6 Å². The fourth-order valence-corrected chi connectivity index (χ4v) is 5.01. The molecule has 0 aromatic heterocycles. The average Bonchev–Trinajstić information content (AvgIpc) is 2.88. The third-order valence-corrected chi connectivity index (χ3v) is 7.20. The Balaban J connectivity index is 1.40.